The van der Waals surface area contributed by atoms with E-state index < -0.39 is 0 Å². The molecule has 0 bridgehead atoms. The summed E-state index contributed by atoms with van der Waals surface area (Å²) in [5.74, 6) is 1.39. The van der Waals surface area contributed by atoms with Crippen LogP contribution in [0.15, 0.2) is 24.3 Å². The Morgan fingerprint density at radius 3 is 2.57 bits per heavy atom. The SMILES string of the molecule is COc1cccc(CNc2c(C)cc(Cl)nc2Cl)c1OC. The molecule has 1 heterocycles. The highest BCUT2D eigenvalue weighted by molar-refractivity contribution is 6.34. The van der Waals surface area contributed by atoms with Crippen molar-refractivity contribution in [1.29, 1.82) is 0 Å². The normalized spacial score (nSPS) is 10.3. The molecule has 0 aliphatic carbocycles. The number of nitrogens with zero attached hydrogens (tertiary/aromatic N) is 1. The van der Waals surface area contributed by atoms with Gasteiger partial charge < -0.3 is 14.8 Å². The topological polar surface area (TPSA) is 43.4 Å². The third-order valence-electron chi connectivity index (χ3n) is 3.08. The Hall–Kier alpha value is -1.65. The Kier molecular flexibility index (Phi) is 5.15. The molecule has 0 radical (unpaired) electrons. The Labute approximate surface area is 134 Å². The largest absolute Gasteiger partial charge is 0.493 e. The van der Waals surface area contributed by atoms with Crippen LogP contribution in [0.1, 0.15) is 11.1 Å². The van der Waals surface area contributed by atoms with E-state index >= 15 is 0 Å². The number of methoxy groups -OCH3 is 2. The fraction of sp³-hybridized carbons (Fsp3) is 0.267. The first kappa shape index (κ1) is 15.7. The number of anilines is 1. The van der Waals surface area contributed by atoms with Gasteiger partial charge in [-0.05, 0) is 24.6 Å². The summed E-state index contributed by atoms with van der Waals surface area (Å²) in [6.07, 6.45) is 0. The maximum atomic E-state index is 6.12. The summed E-state index contributed by atoms with van der Waals surface area (Å²) < 4.78 is 10.7. The first-order valence-corrected chi connectivity index (χ1v) is 7.08. The fourth-order valence-electron chi connectivity index (χ4n) is 2.08. The third-order valence-corrected chi connectivity index (χ3v) is 3.55. The van der Waals surface area contributed by atoms with E-state index in [-0.39, 0.29) is 0 Å². The highest BCUT2D eigenvalue weighted by atomic mass is 35.5. The van der Waals surface area contributed by atoms with Crippen LogP contribution in [0.25, 0.3) is 0 Å². The van der Waals surface area contributed by atoms with Gasteiger partial charge >= 0.3 is 0 Å². The molecule has 1 aromatic heterocycles. The van der Waals surface area contributed by atoms with Gasteiger partial charge in [0.2, 0.25) is 0 Å². The average molecular weight is 327 g/mol. The zero-order valence-corrected chi connectivity index (χ0v) is 13.5. The quantitative estimate of drug-likeness (QED) is 0.830. The predicted molar refractivity (Wildman–Crippen MR) is 85.9 cm³/mol. The van der Waals surface area contributed by atoms with Crippen molar-refractivity contribution in [2.75, 3.05) is 19.5 Å². The summed E-state index contributed by atoms with van der Waals surface area (Å²) in [5.41, 5.74) is 2.65. The van der Waals surface area contributed by atoms with Gasteiger partial charge in [-0.3, -0.25) is 0 Å². The van der Waals surface area contributed by atoms with Crippen LogP contribution in [0.4, 0.5) is 5.69 Å². The van der Waals surface area contributed by atoms with E-state index in [1.54, 1.807) is 20.3 Å². The molecule has 0 amide bonds. The van der Waals surface area contributed by atoms with E-state index in [1.165, 1.54) is 0 Å². The molecule has 0 fully saturated rings. The molecule has 2 aromatic rings. The summed E-state index contributed by atoms with van der Waals surface area (Å²) in [6, 6.07) is 7.48. The lowest BCUT2D eigenvalue weighted by atomic mass is 10.1. The van der Waals surface area contributed by atoms with Crippen LogP contribution in [-0.4, -0.2) is 19.2 Å². The van der Waals surface area contributed by atoms with Crippen molar-refractivity contribution in [3.63, 3.8) is 0 Å². The molecule has 6 heteroatoms. The molecule has 0 saturated heterocycles. The molecule has 21 heavy (non-hydrogen) atoms. The zero-order valence-electron chi connectivity index (χ0n) is 12.0. The minimum absolute atomic E-state index is 0.349. The summed E-state index contributed by atoms with van der Waals surface area (Å²) in [5, 5.41) is 3.99. The van der Waals surface area contributed by atoms with Gasteiger partial charge in [-0.15, -0.1) is 0 Å². The number of aromatic nitrogens is 1. The Morgan fingerprint density at radius 1 is 1.19 bits per heavy atom. The van der Waals surface area contributed by atoms with Crippen LogP contribution < -0.4 is 14.8 Å². The fourth-order valence-corrected chi connectivity index (χ4v) is 2.68. The van der Waals surface area contributed by atoms with Crippen molar-refractivity contribution >= 4 is 28.9 Å². The molecule has 0 spiro atoms. The molecular formula is C15H16Cl2N2O2. The molecule has 1 N–H and O–H groups in total. The Bertz CT molecular complexity index is 625. The highest BCUT2D eigenvalue weighted by Gasteiger charge is 2.11. The number of benzene rings is 1. The first-order chi connectivity index (χ1) is 10.1. The molecule has 2 rings (SSSR count). The standard InChI is InChI=1S/C15H16Cl2N2O2/c1-9-7-12(16)19-15(17)13(9)18-8-10-5-4-6-11(20-2)14(10)21-3/h4-7,18H,8H2,1-3H3. The lowest BCUT2D eigenvalue weighted by molar-refractivity contribution is 0.352. The maximum absolute atomic E-state index is 6.12. The van der Waals surface area contributed by atoms with Gasteiger partial charge in [0.25, 0.3) is 0 Å². The lowest BCUT2D eigenvalue weighted by Crippen LogP contribution is -2.05. The van der Waals surface area contributed by atoms with Crippen LogP contribution in [0.5, 0.6) is 11.5 Å². The van der Waals surface area contributed by atoms with Crippen molar-refractivity contribution in [3.05, 3.63) is 45.7 Å². The number of aryl methyl sites for hydroxylation is 1. The van der Waals surface area contributed by atoms with Gasteiger partial charge in [0.1, 0.15) is 5.15 Å². The molecule has 0 unspecified atom stereocenters. The van der Waals surface area contributed by atoms with Crippen LogP contribution in [0.3, 0.4) is 0 Å². The summed E-state index contributed by atoms with van der Waals surface area (Å²) in [6.45, 7) is 2.45. The van der Waals surface area contributed by atoms with Gasteiger partial charge in [0, 0.05) is 12.1 Å². The van der Waals surface area contributed by atoms with Gasteiger partial charge in [-0.1, -0.05) is 35.3 Å². The number of hydrogen-bond acceptors (Lipinski definition) is 4. The highest BCUT2D eigenvalue weighted by Crippen LogP contribution is 2.32. The molecule has 0 saturated carbocycles. The second kappa shape index (κ2) is 6.87. The number of halogens is 2. The summed E-state index contributed by atoms with van der Waals surface area (Å²) in [4.78, 5) is 4.04. The number of hydrogen-bond donors (Lipinski definition) is 1. The maximum Gasteiger partial charge on any atom is 0.165 e. The van der Waals surface area contributed by atoms with Gasteiger partial charge in [-0.2, -0.15) is 0 Å². The Balaban J connectivity index is 2.25. The summed E-state index contributed by atoms with van der Waals surface area (Å²) >= 11 is 12.0. The molecule has 1 aromatic carbocycles. The van der Waals surface area contributed by atoms with E-state index in [4.69, 9.17) is 32.7 Å². The van der Waals surface area contributed by atoms with Crippen molar-refractivity contribution in [3.8, 4) is 11.5 Å². The van der Waals surface area contributed by atoms with E-state index in [1.807, 2.05) is 25.1 Å². The molecule has 0 atom stereocenters. The van der Waals surface area contributed by atoms with Crippen LogP contribution in [0.2, 0.25) is 10.3 Å². The zero-order chi connectivity index (χ0) is 15.4. The minimum atomic E-state index is 0.349. The van der Waals surface area contributed by atoms with Crippen molar-refractivity contribution in [2.45, 2.75) is 13.5 Å². The smallest absolute Gasteiger partial charge is 0.165 e. The number of rotatable bonds is 5. The molecule has 0 aliphatic rings. The van der Waals surface area contributed by atoms with Crippen molar-refractivity contribution < 1.29 is 9.47 Å². The second-order valence-electron chi connectivity index (χ2n) is 4.43. The van der Waals surface area contributed by atoms with Gasteiger partial charge in [0.05, 0.1) is 19.9 Å². The molecule has 4 nitrogen and oxygen atoms in total. The number of para-hydroxylation sites is 1. The predicted octanol–water partition coefficient (Wildman–Crippen LogP) is 4.33. The minimum Gasteiger partial charge on any atom is -0.493 e. The van der Waals surface area contributed by atoms with Gasteiger partial charge in [-0.25, -0.2) is 4.98 Å². The summed E-state index contributed by atoms with van der Waals surface area (Å²) in [7, 11) is 3.22. The number of pyridine rings is 1. The number of ether oxygens (including phenoxy) is 2. The van der Waals surface area contributed by atoms with Crippen molar-refractivity contribution in [2.24, 2.45) is 0 Å². The van der Waals surface area contributed by atoms with E-state index in [2.05, 4.69) is 10.3 Å². The first-order valence-electron chi connectivity index (χ1n) is 6.33. The second-order valence-corrected chi connectivity index (χ2v) is 5.18. The Morgan fingerprint density at radius 2 is 1.95 bits per heavy atom. The van der Waals surface area contributed by atoms with Crippen molar-refractivity contribution in [1.82, 2.24) is 4.98 Å². The molecular weight excluding hydrogens is 311 g/mol. The number of nitrogens with one attached hydrogen (secondary N) is 1. The van der Waals surface area contributed by atoms with Crippen LogP contribution in [0, 0.1) is 6.92 Å². The monoisotopic (exact) mass is 326 g/mol. The molecule has 112 valence electrons. The van der Waals surface area contributed by atoms with E-state index in [9.17, 15) is 0 Å². The molecule has 0 aliphatic heterocycles. The third kappa shape index (κ3) is 3.52. The van der Waals surface area contributed by atoms with E-state index in [0.29, 0.717) is 28.3 Å². The van der Waals surface area contributed by atoms with Gasteiger partial charge in [0.15, 0.2) is 16.7 Å². The van der Waals surface area contributed by atoms with Crippen LogP contribution in [-0.2, 0) is 6.54 Å². The van der Waals surface area contributed by atoms with E-state index in [0.717, 1.165) is 16.8 Å². The van der Waals surface area contributed by atoms with Crippen LogP contribution >= 0.6 is 23.2 Å². The lowest BCUT2D eigenvalue weighted by Gasteiger charge is -2.15. The average Bonchev–Trinajstić information content (AvgIpc) is 2.45.